The number of aromatic nitrogens is 3. The van der Waals surface area contributed by atoms with E-state index in [-0.39, 0.29) is 5.56 Å². The Kier molecular flexibility index (Phi) is 2.82. The van der Waals surface area contributed by atoms with Gasteiger partial charge in [0, 0.05) is 30.0 Å². The van der Waals surface area contributed by atoms with Gasteiger partial charge in [-0.15, -0.1) is 0 Å². The highest BCUT2D eigenvalue weighted by molar-refractivity contribution is 5.80. The molecule has 0 amide bonds. The van der Waals surface area contributed by atoms with Crippen LogP contribution in [0.2, 0.25) is 0 Å². The minimum atomic E-state index is -0.145. The number of aromatic amines is 1. The molecule has 1 aliphatic heterocycles. The molecular formula is C17H18N4O. The number of aryl methyl sites for hydroxylation is 2. The van der Waals surface area contributed by atoms with E-state index in [4.69, 9.17) is 0 Å². The maximum absolute atomic E-state index is 12.1. The summed E-state index contributed by atoms with van der Waals surface area (Å²) in [5.41, 5.74) is 6.12. The summed E-state index contributed by atoms with van der Waals surface area (Å²) in [6.45, 7) is 6.29. The van der Waals surface area contributed by atoms with Crippen LogP contribution in [0.15, 0.2) is 35.4 Å². The van der Waals surface area contributed by atoms with Crippen molar-refractivity contribution < 1.29 is 0 Å². The van der Waals surface area contributed by atoms with Gasteiger partial charge in [-0.1, -0.05) is 12.1 Å². The smallest absolute Gasteiger partial charge is 0.288 e. The third kappa shape index (κ3) is 1.78. The Morgan fingerprint density at radius 3 is 2.73 bits per heavy atom. The molecule has 0 unspecified atom stereocenters. The Hall–Kier alpha value is -2.56. The number of hydrogen-bond donors (Lipinski definition) is 1. The highest BCUT2D eigenvalue weighted by Crippen LogP contribution is 2.33. The molecular weight excluding hydrogens is 276 g/mol. The van der Waals surface area contributed by atoms with Gasteiger partial charge in [-0.3, -0.25) is 9.20 Å². The van der Waals surface area contributed by atoms with Crippen molar-refractivity contribution in [2.24, 2.45) is 0 Å². The second-order valence-corrected chi connectivity index (χ2v) is 5.88. The van der Waals surface area contributed by atoms with E-state index in [1.165, 1.54) is 12.1 Å². The fourth-order valence-electron chi connectivity index (χ4n) is 3.34. The van der Waals surface area contributed by atoms with E-state index < -0.39 is 0 Å². The van der Waals surface area contributed by atoms with E-state index in [0.717, 1.165) is 35.5 Å². The molecule has 3 heterocycles. The highest BCUT2D eigenvalue weighted by atomic mass is 16.1. The molecule has 0 bridgehead atoms. The largest absolute Gasteiger partial charge is 0.371 e. The van der Waals surface area contributed by atoms with Gasteiger partial charge in [0.25, 0.3) is 5.56 Å². The van der Waals surface area contributed by atoms with Crippen LogP contribution in [0.4, 0.5) is 5.69 Å². The summed E-state index contributed by atoms with van der Waals surface area (Å²) in [7, 11) is 0. The number of hydrogen-bond acceptors (Lipinski definition) is 3. The SMILES string of the molecule is Cc1c(-c2cccc(N3CCC3)c2)c(C)n2cn[nH]c(=O)c12. The first-order valence-electron chi connectivity index (χ1n) is 7.57. The van der Waals surface area contributed by atoms with Crippen molar-refractivity contribution in [3.8, 4) is 11.1 Å². The number of H-pyrrole nitrogens is 1. The van der Waals surface area contributed by atoms with Crippen LogP contribution in [0.25, 0.3) is 16.6 Å². The summed E-state index contributed by atoms with van der Waals surface area (Å²) in [5, 5.41) is 6.43. The summed E-state index contributed by atoms with van der Waals surface area (Å²) in [6.07, 6.45) is 2.93. The van der Waals surface area contributed by atoms with Crippen LogP contribution >= 0.6 is 0 Å². The number of nitrogens with zero attached hydrogens (tertiary/aromatic N) is 3. The lowest BCUT2D eigenvalue weighted by Gasteiger charge is -2.33. The topological polar surface area (TPSA) is 53.4 Å². The van der Waals surface area contributed by atoms with Gasteiger partial charge in [0.1, 0.15) is 11.8 Å². The highest BCUT2D eigenvalue weighted by Gasteiger charge is 2.19. The molecule has 0 spiro atoms. The number of rotatable bonds is 2. The lowest BCUT2D eigenvalue weighted by atomic mass is 10.0. The van der Waals surface area contributed by atoms with Crippen LogP contribution in [-0.2, 0) is 0 Å². The van der Waals surface area contributed by atoms with E-state index in [9.17, 15) is 4.79 Å². The summed E-state index contributed by atoms with van der Waals surface area (Å²) < 4.78 is 1.87. The third-order valence-corrected chi connectivity index (χ3v) is 4.60. The van der Waals surface area contributed by atoms with Crippen molar-refractivity contribution in [3.63, 3.8) is 0 Å². The lowest BCUT2D eigenvalue weighted by molar-refractivity contribution is 0.618. The van der Waals surface area contributed by atoms with Gasteiger partial charge < -0.3 is 4.90 Å². The van der Waals surface area contributed by atoms with Crippen molar-refractivity contribution in [2.45, 2.75) is 20.3 Å². The minimum absolute atomic E-state index is 0.145. The van der Waals surface area contributed by atoms with Crippen LogP contribution in [0, 0.1) is 13.8 Å². The number of anilines is 1. The molecule has 5 nitrogen and oxygen atoms in total. The Balaban J connectivity index is 1.94. The molecule has 0 atom stereocenters. The van der Waals surface area contributed by atoms with Crippen molar-refractivity contribution >= 4 is 11.2 Å². The molecule has 22 heavy (non-hydrogen) atoms. The predicted octanol–water partition coefficient (Wildman–Crippen LogP) is 2.52. The molecule has 4 rings (SSSR count). The number of nitrogens with one attached hydrogen (secondary N) is 1. The molecule has 0 radical (unpaired) electrons. The van der Waals surface area contributed by atoms with Gasteiger partial charge in [0.15, 0.2) is 0 Å². The second kappa shape index (κ2) is 4.73. The normalized spacial score (nSPS) is 14.4. The Morgan fingerprint density at radius 2 is 2.05 bits per heavy atom. The first-order valence-corrected chi connectivity index (χ1v) is 7.57. The van der Waals surface area contributed by atoms with Gasteiger partial charge in [-0.2, -0.15) is 5.10 Å². The first kappa shape index (κ1) is 13.1. The van der Waals surface area contributed by atoms with Crippen molar-refractivity contribution in [1.82, 2.24) is 14.6 Å². The van der Waals surface area contributed by atoms with Crippen LogP contribution in [0.5, 0.6) is 0 Å². The van der Waals surface area contributed by atoms with Gasteiger partial charge in [-0.05, 0) is 43.5 Å². The van der Waals surface area contributed by atoms with E-state index in [0.29, 0.717) is 5.52 Å². The zero-order valence-electron chi connectivity index (χ0n) is 12.8. The van der Waals surface area contributed by atoms with E-state index in [1.54, 1.807) is 6.33 Å². The fraction of sp³-hybridized carbons (Fsp3) is 0.294. The first-order chi connectivity index (χ1) is 10.7. The Morgan fingerprint density at radius 1 is 1.23 bits per heavy atom. The molecule has 0 aliphatic carbocycles. The van der Waals surface area contributed by atoms with E-state index >= 15 is 0 Å². The van der Waals surface area contributed by atoms with Crippen molar-refractivity contribution in [3.05, 3.63) is 52.2 Å². The van der Waals surface area contributed by atoms with Crippen LogP contribution in [-0.4, -0.2) is 27.7 Å². The summed E-state index contributed by atoms with van der Waals surface area (Å²) >= 11 is 0. The lowest BCUT2D eigenvalue weighted by Crippen LogP contribution is -2.36. The fourth-order valence-corrected chi connectivity index (χ4v) is 3.34. The van der Waals surface area contributed by atoms with E-state index in [1.807, 2.05) is 18.2 Å². The van der Waals surface area contributed by atoms with Gasteiger partial charge >= 0.3 is 0 Å². The zero-order chi connectivity index (χ0) is 15.3. The van der Waals surface area contributed by atoms with Crippen LogP contribution in [0.3, 0.4) is 0 Å². The van der Waals surface area contributed by atoms with Crippen molar-refractivity contribution in [2.75, 3.05) is 18.0 Å². The van der Waals surface area contributed by atoms with Crippen LogP contribution < -0.4 is 10.5 Å². The quantitative estimate of drug-likeness (QED) is 0.790. The third-order valence-electron chi connectivity index (χ3n) is 4.60. The molecule has 1 aromatic carbocycles. The molecule has 0 saturated carbocycles. The van der Waals surface area contributed by atoms with Gasteiger partial charge in [-0.25, -0.2) is 5.10 Å². The molecule has 1 fully saturated rings. The number of fused-ring (bicyclic) bond motifs is 1. The predicted molar refractivity (Wildman–Crippen MR) is 87.6 cm³/mol. The molecule has 3 aromatic rings. The van der Waals surface area contributed by atoms with Crippen LogP contribution in [0.1, 0.15) is 17.7 Å². The standard InChI is InChI=1S/C17H18N4O/c1-11-15(12(2)21-10-18-19-17(22)16(11)21)13-5-3-6-14(9-13)20-7-4-8-20/h3,5-6,9-10H,4,7-8H2,1-2H3,(H,19,22). The Labute approximate surface area is 128 Å². The molecule has 1 N–H and O–H groups in total. The maximum atomic E-state index is 12.1. The van der Waals surface area contributed by atoms with E-state index in [2.05, 4.69) is 39.4 Å². The maximum Gasteiger partial charge on any atom is 0.288 e. The minimum Gasteiger partial charge on any atom is -0.371 e. The Bertz CT molecular complexity index is 918. The molecule has 1 saturated heterocycles. The van der Waals surface area contributed by atoms with Gasteiger partial charge in [0.2, 0.25) is 0 Å². The average molecular weight is 294 g/mol. The molecule has 1 aliphatic rings. The molecule has 5 heteroatoms. The summed E-state index contributed by atoms with van der Waals surface area (Å²) in [5.74, 6) is 0. The second-order valence-electron chi connectivity index (χ2n) is 5.88. The number of benzene rings is 1. The average Bonchev–Trinajstić information content (AvgIpc) is 2.70. The van der Waals surface area contributed by atoms with Crippen molar-refractivity contribution in [1.29, 1.82) is 0 Å². The molecule has 2 aromatic heterocycles. The zero-order valence-corrected chi connectivity index (χ0v) is 12.8. The monoisotopic (exact) mass is 294 g/mol. The summed E-state index contributed by atoms with van der Waals surface area (Å²) in [4.78, 5) is 14.5. The van der Waals surface area contributed by atoms with Gasteiger partial charge in [0.05, 0.1) is 0 Å². The molecule has 112 valence electrons. The summed E-state index contributed by atoms with van der Waals surface area (Å²) in [6, 6.07) is 8.57.